The fourth-order valence-electron chi connectivity index (χ4n) is 1.96. The first-order valence-electron chi connectivity index (χ1n) is 5.67. The summed E-state index contributed by atoms with van der Waals surface area (Å²) < 4.78 is 0. The van der Waals surface area contributed by atoms with Gasteiger partial charge in [-0.3, -0.25) is 4.90 Å². The van der Waals surface area contributed by atoms with Gasteiger partial charge in [-0.15, -0.1) is 23.7 Å². The van der Waals surface area contributed by atoms with Crippen LogP contribution in [0.15, 0.2) is 6.20 Å². The number of halogens is 1. The number of nitrogens with zero attached hydrogens (tertiary/aromatic N) is 2. The van der Waals surface area contributed by atoms with Gasteiger partial charge in [0.2, 0.25) is 0 Å². The van der Waals surface area contributed by atoms with Crippen LogP contribution in [0, 0.1) is 0 Å². The smallest absolute Gasteiger partial charge is 0.0925 e. The SMILES string of the molecule is CCc1ncc(CN2CCNC(C)C2)s1.Cl. The number of aryl methyl sites for hydroxylation is 1. The van der Waals surface area contributed by atoms with Crippen LogP contribution in [0.5, 0.6) is 0 Å². The normalized spacial score (nSPS) is 21.8. The van der Waals surface area contributed by atoms with Crippen molar-refractivity contribution in [2.24, 2.45) is 0 Å². The van der Waals surface area contributed by atoms with E-state index in [4.69, 9.17) is 0 Å². The third-order valence-electron chi connectivity index (χ3n) is 2.74. The fraction of sp³-hybridized carbons (Fsp3) is 0.727. The minimum atomic E-state index is 0. The van der Waals surface area contributed by atoms with Crippen molar-refractivity contribution in [1.29, 1.82) is 0 Å². The topological polar surface area (TPSA) is 28.2 Å². The van der Waals surface area contributed by atoms with E-state index < -0.39 is 0 Å². The Balaban J connectivity index is 0.00000128. The van der Waals surface area contributed by atoms with Crippen LogP contribution in [0.2, 0.25) is 0 Å². The van der Waals surface area contributed by atoms with E-state index in [1.54, 1.807) is 0 Å². The number of nitrogens with one attached hydrogen (secondary N) is 1. The molecule has 3 nitrogen and oxygen atoms in total. The van der Waals surface area contributed by atoms with E-state index in [-0.39, 0.29) is 12.4 Å². The third-order valence-corrected chi connectivity index (χ3v) is 3.86. The lowest BCUT2D eigenvalue weighted by Crippen LogP contribution is -2.48. The number of rotatable bonds is 3. The second-order valence-electron chi connectivity index (χ2n) is 4.16. The predicted octanol–water partition coefficient (Wildman–Crippen LogP) is 1.92. The molecule has 0 amide bonds. The van der Waals surface area contributed by atoms with Gasteiger partial charge in [-0.25, -0.2) is 4.98 Å². The molecule has 1 aromatic rings. The van der Waals surface area contributed by atoms with Crippen molar-refractivity contribution in [1.82, 2.24) is 15.2 Å². The van der Waals surface area contributed by atoms with Crippen LogP contribution in [0.1, 0.15) is 23.7 Å². The molecule has 0 aliphatic carbocycles. The van der Waals surface area contributed by atoms with Crippen LogP contribution < -0.4 is 5.32 Å². The maximum atomic E-state index is 4.40. The average molecular weight is 262 g/mol. The molecule has 1 aliphatic heterocycles. The Labute approximate surface area is 108 Å². The first-order chi connectivity index (χ1) is 7.28. The van der Waals surface area contributed by atoms with Crippen LogP contribution in [0.25, 0.3) is 0 Å². The molecule has 16 heavy (non-hydrogen) atoms. The highest BCUT2D eigenvalue weighted by Gasteiger charge is 2.16. The van der Waals surface area contributed by atoms with Gasteiger partial charge >= 0.3 is 0 Å². The van der Waals surface area contributed by atoms with Crippen molar-refractivity contribution in [3.63, 3.8) is 0 Å². The van der Waals surface area contributed by atoms with E-state index in [2.05, 4.69) is 29.0 Å². The zero-order chi connectivity index (χ0) is 10.7. The number of aromatic nitrogens is 1. The lowest BCUT2D eigenvalue weighted by Gasteiger charge is -2.31. The van der Waals surface area contributed by atoms with Crippen molar-refractivity contribution in [2.75, 3.05) is 19.6 Å². The Kier molecular flexibility index (Phi) is 5.69. The van der Waals surface area contributed by atoms with Crippen molar-refractivity contribution < 1.29 is 0 Å². The van der Waals surface area contributed by atoms with Crippen LogP contribution in [-0.4, -0.2) is 35.6 Å². The van der Waals surface area contributed by atoms with Gasteiger partial charge in [-0.1, -0.05) is 6.92 Å². The maximum Gasteiger partial charge on any atom is 0.0925 e. The Morgan fingerprint density at radius 2 is 2.44 bits per heavy atom. The molecule has 0 saturated carbocycles. The van der Waals surface area contributed by atoms with Gasteiger partial charge in [0.25, 0.3) is 0 Å². The molecule has 1 saturated heterocycles. The summed E-state index contributed by atoms with van der Waals surface area (Å²) in [5.74, 6) is 0. The molecule has 0 radical (unpaired) electrons. The molecule has 1 aromatic heterocycles. The van der Waals surface area contributed by atoms with Crippen molar-refractivity contribution in [3.8, 4) is 0 Å². The van der Waals surface area contributed by atoms with E-state index >= 15 is 0 Å². The maximum absolute atomic E-state index is 4.40. The summed E-state index contributed by atoms with van der Waals surface area (Å²) >= 11 is 1.85. The zero-order valence-electron chi connectivity index (χ0n) is 9.90. The number of piperazine rings is 1. The number of thiazole rings is 1. The van der Waals surface area contributed by atoms with Gasteiger partial charge in [0.05, 0.1) is 5.01 Å². The molecule has 5 heteroatoms. The average Bonchev–Trinajstić information content (AvgIpc) is 2.65. The Hall–Kier alpha value is -0.160. The van der Waals surface area contributed by atoms with Crippen molar-refractivity contribution in [3.05, 3.63) is 16.1 Å². The fourth-order valence-corrected chi connectivity index (χ4v) is 2.87. The third kappa shape index (κ3) is 3.70. The van der Waals surface area contributed by atoms with E-state index in [1.165, 1.54) is 9.88 Å². The summed E-state index contributed by atoms with van der Waals surface area (Å²) in [7, 11) is 0. The Morgan fingerprint density at radius 1 is 1.62 bits per heavy atom. The minimum Gasteiger partial charge on any atom is -0.312 e. The second-order valence-corrected chi connectivity index (χ2v) is 5.36. The molecule has 0 bridgehead atoms. The second kappa shape index (κ2) is 6.55. The van der Waals surface area contributed by atoms with E-state index in [0.29, 0.717) is 6.04 Å². The first kappa shape index (κ1) is 13.9. The molecular weight excluding hydrogens is 242 g/mol. The number of hydrogen-bond acceptors (Lipinski definition) is 4. The highest BCUT2D eigenvalue weighted by Crippen LogP contribution is 2.16. The van der Waals surface area contributed by atoms with E-state index in [0.717, 1.165) is 32.6 Å². The molecule has 1 atom stereocenters. The lowest BCUT2D eigenvalue weighted by atomic mass is 10.2. The van der Waals surface area contributed by atoms with Crippen LogP contribution in [-0.2, 0) is 13.0 Å². The van der Waals surface area contributed by atoms with Gasteiger partial charge < -0.3 is 5.32 Å². The molecule has 1 unspecified atom stereocenters. The van der Waals surface area contributed by atoms with Crippen LogP contribution in [0.4, 0.5) is 0 Å². The van der Waals surface area contributed by atoms with Crippen molar-refractivity contribution in [2.45, 2.75) is 32.9 Å². The summed E-state index contributed by atoms with van der Waals surface area (Å²) in [6.07, 6.45) is 3.10. The molecule has 0 aromatic carbocycles. The predicted molar refractivity (Wildman–Crippen MR) is 71.5 cm³/mol. The molecule has 2 heterocycles. The molecular formula is C11H20ClN3S. The molecule has 2 rings (SSSR count). The van der Waals surface area contributed by atoms with Gasteiger partial charge in [0, 0.05) is 43.3 Å². The summed E-state index contributed by atoms with van der Waals surface area (Å²) in [5, 5.41) is 4.72. The Morgan fingerprint density at radius 3 is 3.06 bits per heavy atom. The summed E-state index contributed by atoms with van der Waals surface area (Å²) in [5.41, 5.74) is 0. The lowest BCUT2D eigenvalue weighted by molar-refractivity contribution is 0.201. The molecule has 1 fully saturated rings. The molecule has 1 N–H and O–H groups in total. The van der Waals surface area contributed by atoms with E-state index in [9.17, 15) is 0 Å². The molecule has 1 aliphatic rings. The minimum absolute atomic E-state index is 0. The summed E-state index contributed by atoms with van der Waals surface area (Å²) in [6, 6.07) is 0.623. The first-order valence-corrected chi connectivity index (χ1v) is 6.49. The zero-order valence-corrected chi connectivity index (χ0v) is 11.5. The largest absolute Gasteiger partial charge is 0.312 e. The van der Waals surface area contributed by atoms with Crippen LogP contribution >= 0.6 is 23.7 Å². The highest BCUT2D eigenvalue weighted by atomic mass is 35.5. The molecule has 0 spiro atoms. The quantitative estimate of drug-likeness (QED) is 0.901. The summed E-state index contributed by atoms with van der Waals surface area (Å²) in [4.78, 5) is 8.31. The van der Waals surface area contributed by atoms with E-state index in [1.807, 2.05) is 17.5 Å². The standard InChI is InChI=1S/C11H19N3S.ClH/c1-3-11-13-6-10(15-11)8-14-5-4-12-9(2)7-14;/h6,9,12H,3-5,7-8H2,1-2H3;1H. The number of hydrogen-bond donors (Lipinski definition) is 1. The monoisotopic (exact) mass is 261 g/mol. The van der Waals surface area contributed by atoms with Crippen LogP contribution in [0.3, 0.4) is 0 Å². The molecule has 92 valence electrons. The Bertz CT molecular complexity index is 316. The van der Waals surface area contributed by atoms with Gasteiger partial charge in [0.1, 0.15) is 0 Å². The van der Waals surface area contributed by atoms with Gasteiger partial charge in [0.15, 0.2) is 0 Å². The van der Waals surface area contributed by atoms with Gasteiger partial charge in [-0.05, 0) is 13.3 Å². The van der Waals surface area contributed by atoms with Crippen molar-refractivity contribution >= 4 is 23.7 Å². The van der Waals surface area contributed by atoms with Gasteiger partial charge in [-0.2, -0.15) is 0 Å². The highest BCUT2D eigenvalue weighted by molar-refractivity contribution is 7.11. The summed E-state index contributed by atoms with van der Waals surface area (Å²) in [6.45, 7) is 8.90.